The zero-order valence-corrected chi connectivity index (χ0v) is 14.2. The van der Waals surface area contributed by atoms with E-state index in [1.165, 1.54) is 6.08 Å². The summed E-state index contributed by atoms with van der Waals surface area (Å²) in [5, 5.41) is 6.09. The van der Waals surface area contributed by atoms with E-state index in [-0.39, 0.29) is 17.9 Å². The van der Waals surface area contributed by atoms with Crippen LogP contribution in [0.3, 0.4) is 0 Å². The summed E-state index contributed by atoms with van der Waals surface area (Å²) in [4.78, 5) is 37.5. The fourth-order valence-corrected chi connectivity index (χ4v) is 3.02. The number of nitrogens with one attached hydrogen (secondary N) is 3. The Balaban J connectivity index is 1.77. The van der Waals surface area contributed by atoms with Gasteiger partial charge in [-0.05, 0) is 25.8 Å². The van der Waals surface area contributed by atoms with Crippen LogP contribution in [0.2, 0.25) is 0 Å². The smallest absolute Gasteiger partial charge is 0.255 e. The van der Waals surface area contributed by atoms with Crippen molar-refractivity contribution in [2.24, 2.45) is 0 Å². The highest BCUT2D eigenvalue weighted by Gasteiger charge is 2.23. The zero-order chi connectivity index (χ0) is 17.8. The molecule has 3 heterocycles. The maximum atomic E-state index is 12.1. The Morgan fingerprint density at radius 3 is 3.12 bits per heavy atom. The summed E-state index contributed by atoms with van der Waals surface area (Å²) >= 11 is 0. The molecule has 25 heavy (non-hydrogen) atoms. The van der Waals surface area contributed by atoms with Crippen molar-refractivity contribution < 1.29 is 9.59 Å². The Morgan fingerprint density at radius 1 is 1.52 bits per heavy atom. The van der Waals surface area contributed by atoms with Gasteiger partial charge in [0.2, 0.25) is 5.91 Å². The van der Waals surface area contributed by atoms with E-state index in [1.807, 2.05) is 6.92 Å². The third kappa shape index (κ3) is 3.62. The fourth-order valence-electron chi connectivity index (χ4n) is 3.02. The summed E-state index contributed by atoms with van der Waals surface area (Å²) in [6.45, 7) is 7.29. The summed E-state index contributed by atoms with van der Waals surface area (Å²) in [5.41, 5.74) is 1.57. The van der Waals surface area contributed by atoms with Crippen molar-refractivity contribution in [2.45, 2.75) is 25.8 Å². The van der Waals surface area contributed by atoms with Crippen molar-refractivity contribution in [3.63, 3.8) is 0 Å². The molecule has 0 radical (unpaired) electrons. The Morgan fingerprint density at radius 2 is 2.36 bits per heavy atom. The SMILES string of the molecule is C=CC(=O)N1CCC[C@H](Nc2cnc3[nH]cc(C(=O)NCC)c3n2)C1. The van der Waals surface area contributed by atoms with E-state index in [4.69, 9.17) is 0 Å². The van der Waals surface area contributed by atoms with Crippen molar-refractivity contribution in [1.29, 1.82) is 0 Å². The quantitative estimate of drug-likeness (QED) is 0.711. The monoisotopic (exact) mass is 342 g/mol. The maximum Gasteiger partial charge on any atom is 0.255 e. The van der Waals surface area contributed by atoms with Crippen molar-refractivity contribution in [1.82, 2.24) is 25.2 Å². The van der Waals surface area contributed by atoms with Gasteiger partial charge in [0.15, 0.2) is 5.65 Å². The molecule has 2 aromatic heterocycles. The van der Waals surface area contributed by atoms with Gasteiger partial charge in [-0.15, -0.1) is 0 Å². The Kier molecular flexibility index (Phi) is 4.97. The van der Waals surface area contributed by atoms with Gasteiger partial charge in [0.05, 0.1) is 11.8 Å². The minimum atomic E-state index is -0.180. The first kappa shape index (κ1) is 16.9. The van der Waals surface area contributed by atoms with Crippen LogP contribution in [0.1, 0.15) is 30.1 Å². The lowest BCUT2D eigenvalue weighted by Crippen LogP contribution is -2.44. The number of fused-ring (bicyclic) bond motifs is 1. The molecular weight excluding hydrogens is 320 g/mol. The molecule has 0 unspecified atom stereocenters. The third-order valence-electron chi connectivity index (χ3n) is 4.22. The highest BCUT2D eigenvalue weighted by Crippen LogP contribution is 2.19. The van der Waals surface area contributed by atoms with E-state index in [2.05, 4.69) is 32.2 Å². The molecule has 2 amide bonds. The van der Waals surface area contributed by atoms with Gasteiger partial charge in [0.25, 0.3) is 5.91 Å². The van der Waals surface area contributed by atoms with Gasteiger partial charge in [-0.25, -0.2) is 9.97 Å². The molecule has 1 atom stereocenters. The van der Waals surface area contributed by atoms with E-state index >= 15 is 0 Å². The molecule has 3 N–H and O–H groups in total. The van der Waals surface area contributed by atoms with E-state index < -0.39 is 0 Å². The number of aromatic nitrogens is 3. The lowest BCUT2D eigenvalue weighted by atomic mass is 10.1. The Labute approximate surface area is 145 Å². The first-order valence-electron chi connectivity index (χ1n) is 8.42. The summed E-state index contributed by atoms with van der Waals surface area (Å²) in [5.74, 6) is 0.355. The lowest BCUT2D eigenvalue weighted by Gasteiger charge is -2.32. The number of rotatable bonds is 5. The second-order valence-electron chi connectivity index (χ2n) is 5.99. The Hall–Kier alpha value is -2.90. The standard InChI is InChI=1S/C17H22N6O2/c1-3-14(24)23-7-5-6-11(10-23)21-13-9-20-16-15(22-13)12(8-19-16)17(25)18-4-2/h3,8-9,11H,1,4-7,10H2,2H3,(H,18,25)(H,19,20)(H,21,22)/t11-/m0/s1. The van der Waals surface area contributed by atoms with E-state index in [0.29, 0.717) is 35.6 Å². The number of piperidine rings is 1. The number of hydrogen-bond donors (Lipinski definition) is 3. The van der Waals surface area contributed by atoms with Crippen LogP contribution in [-0.4, -0.2) is 57.3 Å². The third-order valence-corrected chi connectivity index (χ3v) is 4.22. The molecule has 8 nitrogen and oxygen atoms in total. The van der Waals surface area contributed by atoms with Gasteiger partial charge in [0.1, 0.15) is 11.3 Å². The number of likely N-dealkylation sites (tertiary alicyclic amines) is 1. The molecule has 8 heteroatoms. The number of amides is 2. The second-order valence-corrected chi connectivity index (χ2v) is 5.99. The van der Waals surface area contributed by atoms with Crippen LogP contribution in [0.5, 0.6) is 0 Å². The van der Waals surface area contributed by atoms with Crippen LogP contribution in [0.4, 0.5) is 5.82 Å². The topological polar surface area (TPSA) is 103 Å². The summed E-state index contributed by atoms with van der Waals surface area (Å²) < 4.78 is 0. The lowest BCUT2D eigenvalue weighted by molar-refractivity contribution is -0.127. The largest absolute Gasteiger partial charge is 0.364 e. The van der Waals surface area contributed by atoms with Gasteiger partial charge >= 0.3 is 0 Å². The highest BCUT2D eigenvalue weighted by atomic mass is 16.2. The first-order valence-corrected chi connectivity index (χ1v) is 8.42. The molecule has 132 valence electrons. The van der Waals surface area contributed by atoms with Gasteiger partial charge in [-0.2, -0.15) is 0 Å². The molecule has 2 aromatic rings. The molecular formula is C17H22N6O2. The summed E-state index contributed by atoms with van der Waals surface area (Å²) in [6, 6.07) is 0.0938. The van der Waals surface area contributed by atoms with Crippen molar-refractivity contribution in [2.75, 3.05) is 25.0 Å². The van der Waals surface area contributed by atoms with E-state index in [0.717, 1.165) is 19.4 Å². The first-order chi connectivity index (χ1) is 12.1. The average molecular weight is 342 g/mol. The van der Waals surface area contributed by atoms with Gasteiger partial charge in [0, 0.05) is 31.9 Å². The van der Waals surface area contributed by atoms with Crippen molar-refractivity contribution in [3.8, 4) is 0 Å². The summed E-state index contributed by atoms with van der Waals surface area (Å²) in [6.07, 6.45) is 6.45. The Bertz CT molecular complexity index is 800. The van der Waals surface area contributed by atoms with Gasteiger partial charge in [-0.1, -0.05) is 6.58 Å². The van der Waals surface area contributed by atoms with Crippen LogP contribution >= 0.6 is 0 Å². The minimum absolute atomic E-state index is 0.0582. The molecule has 1 saturated heterocycles. The van der Waals surface area contributed by atoms with Crippen LogP contribution < -0.4 is 10.6 Å². The molecule has 1 aliphatic heterocycles. The molecule has 0 aliphatic carbocycles. The van der Waals surface area contributed by atoms with Crippen LogP contribution in [0.25, 0.3) is 11.2 Å². The van der Waals surface area contributed by atoms with E-state index in [9.17, 15) is 9.59 Å². The fraction of sp³-hybridized carbons (Fsp3) is 0.412. The summed E-state index contributed by atoms with van der Waals surface area (Å²) in [7, 11) is 0. The van der Waals surface area contributed by atoms with Crippen molar-refractivity contribution in [3.05, 3.63) is 30.6 Å². The molecule has 3 rings (SSSR count). The molecule has 1 aliphatic rings. The molecule has 1 fully saturated rings. The van der Waals surface area contributed by atoms with E-state index in [1.54, 1.807) is 17.3 Å². The number of carbonyl (C=O) groups excluding carboxylic acids is 2. The number of aromatic amines is 1. The maximum absolute atomic E-state index is 12.1. The predicted molar refractivity (Wildman–Crippen MR) is 95.3 cm³/mol. The number of nitrogens with zero attached hydrogens (tertiary/aromatic N) is 3. The number of carbonyl (C=O) groups is 2. The predicted octanol–water partition coefficient (Wildman–Crippen LogP) is 1.30. The van der Waals surface area contributed by atoms with Gasteiger partial charge in [-0.3, -0.25) is 9.59 Å². The molecule has 0 saturated carbocycles. The molecule has 0 spiro atoms. The second kappa shape index (κ2) is 7.33. The van der Waals surface area contributed by atoms with Crippen molar-refractivity contribution >= 4 is 28.8 Å². The number of hydrogen-bond acceptors (Lipinski definition) is 5. The number of H-pyrrole nitrogens is 1. The van der Waals surface area contributed by atoms with Crippen LogP contribution in [0, 0.1) is 0 Å². The average Bonchev–Trinajstić information content (AvgIpc) is 3.05. The zero-order valence-electron chi connectivity index (χ0n) is 14.2. The van der Waals surface area contributed by atoms with Crippen LogP contribution in [0.15, 0.2) is 25.0 Å². The minimum Gasteiger partial charge on any atom is -0.364 e. The molecule has 0 bridgehead atoms. The number of anilines is 1. The highest BCUT2D eigenvalue weighted by molar-refractivity contribution is 6.04. The van der Waals surface area contributed by atoms with Gasteiger partial charge < -0.3 is 20.5 Å². The van der Waals surface area contributed by atoms with Crippen LogP contribution in [-0.2, 0) is 4.79 Å². The molecule has 0 aromatic carbocycles. The normalized spacial score (nSPS) is 17.3.